The van der Waals surface area contributed by atoms with Crippen molar-refractivity contribution in [3.05, 3.63) is 39.9 Å². The van der Waals surface area contributed by atoms with Gasteiger partial charge in [0.1, 0.15) is 5.25 Å². The number of benzene rings is 1. The summed E-state index contributed by atoms with van der Waals surface area (Å²) in [5, 5.41) is 8.33. The predicted molar refractivity (Wildman–Crippen MR) is 82.4 cm³/mol. The Bertz CT molecular complexity index is 680. The summed E-state index contributed by atoms with van der Waals surface area (Å²) in [4.78, 5) is 11.2. The van der Waals surface area contributed by atoms with Crippen molar-refractivity contribution in [3.8, 4) is 0 Å². The average Bonchev–Trinajstić information content (AvgIpc) is 2.43. The van der Waals surface area contributed by atoms with Crippen LogP contribution in [0.15, 0.2) is 29.8 Å². The van der Waals surface area contributed by atoms with Crippen LogP contribution in [0.3, 0.4) is 0 Å². The molecular weight excluding hydrogens is 337 g/mol. The second-order valence-corrected chi connectivity index (χ2v) is 7.31. The molecule has 114 valence electrons. The fourth-order valence-corrected chi connectivity index (χ4v) is 4.46. The van der Waals surface area contributed by atoms with E-state index in [2.05, 4.69) is 4.72 Å². The first-order valence-corrected chi connectivity index (χ1v) is 8.52. The number of sulfonamides is 1. The van der Waals surface area contributed by atoms with E-state index in [4.69, 9.17) is 28.3 Å². The third-order valence-corrected chi connectivity index (χ3v) is 5.57. The molecule has 0 saturated heterocycles. The molecule has 2 rings (SSSR count). The van der Waals surface area contributed by atoms with E-state index in [0.29, 0.717) is 12.8 Å². The first kappa shape index (κ1) is 16.1. The molecule has 1 aromatic carbocycles. The third kappa shape index (κ3) is 3.51. The Labute approximate surface area is 132 Å². The van der Waals surface area contributed by atoms with Crippen molar-refractivity contribution in [1.82, 2.24) is 0 Å². The molecule has 2 N–H and O–H groups in total. The zero-order chi connectivity index (χ0) is 15.6. The highest BCUT2D eigenvalue weighted by molar-refractivity contribution is 7.93. The smallest absolute Gasteiger partial charge is 0.332 e. The number of nitrogens with one attached hydrogen (secondary N) is 1. The predicted octanol–water partition coefficient (Wildman–Crippen LogP) is 3.30. The number of allylic oxidation sites excluding steroid dienone is 1. The van der Waals surface area contributed by atoms with Gasteiger partial charge >= 0.3 is 5.97 Å². The summed E-state index contributed by atoms with van der Waals surface area (Å²) in [5.74, 6) is -1.23. The Balaban J connectivity index is 2.36. The van der Waals surface area contributed by atoms with E-state index in [1.165, 1.54) is 18.2 Å². The SMILES string of the molecule is O=C(O)C1=CCCCC1S(=O)(=O)Nc1c(Cl)cccc1Cl. The number of carboxylic acid groups (broad SMARTS) is 1. The number of hydrogen-bond donors (Lipinski definition) is 2. The molecule has 0 spiro atoms. The molecule has 0 amide bonds. The lowest BCUT2D eigenvalue weighted by molar-refractivity contribution is -0.132. The number of para-hydroxylation sites is 1. The highest BCUT2D eigenvalue weighted by atomic mass is 35.5. The van der Waals surface area contributed by atoms with Gasteiger partial charge in [0.2, 0.25) is 10.0 Å². The number of aliphatic carboxylic acids is 1. The number of halogens is 2. The largest absolute Gasteiger partial charge is 0.478 e. The Hall–Kier alpha value is -1.24. The van der Waals surface area contributed by atoms with E-state index >= 15 is 0 Å². The standard InChI is InChI=1S/C13H13Cl2NO4S/c14-9-5-3-6-10(15)12(9)16-21(19,20)11-7-2-1-4-8(11)13(17)18/h3-6,11,16H,1-2,7H2,(H,17,18). The molecule has 1 aliphatic carbocycles. The van der Waals surface area contributed by atoms with Crippen LogP contribution in [0.2, 0.25) is 10.0 Å². The summed E-state index contributed by atoms with van der Waals surface area (Å²) in [6.07, 6.45) is 2.86. The molecule has 1 aliphatic rings. The van der Waals surface area contributed by atoms with Gasteiger partial charge < -0.3 is 5.11 Å². The number of carbonyl (C=O) groups is 1. The summed E-state index contributed by atoms with van der Waals surface area (Å²) in [6, 6.07) is 4.59. The maximum Gasteiger partial charge on any atom is 0.332 e. The topological polar surface area (TPSA) is 83.5 Å². The lowest BCUT2D eigenvalue weighted by Gasteiger charge is -2.23. The van der Waals surface area contributed by atoms with Crippen molar-refractivity contribution < 1.29 is 18.3 Å². The van der Waals surface area contributed by atoms with Crippen LogP contribution in [0.25, 0.3) is 0 Å². The average molecular weight is 350 g/mol. The van der Waals surface area contributed by atoms with E-state index in [0.717, 1.165) is 0 Å². The van der Waals surface area contributed by atoms with Gasteiger partial charge in [0.25, 0.3) is 0 Å². The minimum Gasteiger partial charge on any atom is -0.478 e. The monoisotopic (exact) mass is 349 g/mol. The number of anilines is 1. The molecule has 0 heterocycles. The molecule has 21 heavy (non-hydrogen) atoms. The van der Waals surface area contributed by atoms with Crippen molar-refractivity contribution in [2.45, 2.75) is 24.5 Å². The van der Waals surface area contributed by atoms with Crippen LogP contribution in [0, 0.1) is 0 Å². The highest BCUT2D eigenvalue weighted by Crippen LogP contribution is 2.33. The lowest BCUT2D eigenvalue weighted by Crippen LogP contribution is -2.34. The van der Waals surface area contributed by atoms with Gasteiger partial charge in [0.05, 0.1) is 21.3 Å². The first-order chi connectivity index (χ1) is 9.83. The fraction of sp³-hybridized carbons (Fsp3) is 0.308. The molecule has 0 aromatic heterocycles. The molecule has 0 aliphatic heterocycles. The minimum atomic E-state index is -3.94. The molecule has 8 heteroatoms. The Kier molecular flexibility index (Phi) is 4.81. The van der Waals surface area contributed by atoms with E-state index in [-0.39, 0.29) is 27.7 Å². The Morgan fingerprint density at radius 2 is 1.90 bits per heavy atom. The maximum atomic E-state index is 12.4. The Morgan fingerprint density at radius 1 is 1.29 bits per heavy atom. The van der Waals surface area contributed by atoms with Crippen molar-refractivity contribution in [1.29, 1.82) is 0 Å². The molecule has 0 radical (unpaired) electrons. The molecule has 1 atom stereocenters. The third-order valence-electron chi connectivity index (χ3n) is 3.21. The van der Waals surface area contributed by atoms with Gasteiger partial charge in [-0.15, -0.1) is 0 Å². The maximum absolute atomic E-state index is 12.4. The van der Waals surface area contributed by atoms with Crippen LogP contribution in [0.5, 0.6) is 0 Å². The molecule has 5 nitrogen and oxygen atoms in total. The quantitative estimate of drug-likeness (QED) is 0.873. The molecule has 1 aromatic rings. The zero-order valence-corrected chi connectivity index (χ0v) is 13.2. The lowest BCUT2D eigenvalue weighted by atomic mass is 9.99. The first-order valence-electron chi connectivity index (χ1n) is 6.22. The fourth-order valence-electron chi connectivity index (χ4n) is 2.20. The van der Waals surface area contributed by atoms with Crippen LogP contribution >= 0.6 is 23.2 Å². The van der Waals surface area contributed by atoms with Crippen LogP contribution in [-0.2, 0) is 14.8 Å². The van der Waals surface area contributed by atoms with E-state index < -0.39 is 21.2 Å². The number of hydrogen-bond acceptors (Lipinski definition) is 3. The molecule has 0 fully saturated rings. The molecule has 0 saturated carbocycles. The van der Waals surface area contributed by atoms with Crippen LogP contribution in [0.4, 0.5) is 5.69 Å². The van der Waals surface area contributed by atoms with E-state index in [1.54, 1.807) is 6.07 Å². The van der Waals surface area contributed by atoms with Gasteiger partial charge in [-0.25, -0.2) is 13.2 Å². The van der Waals surface area contributed by atoms with E-state index in [9.17, 15) is 13.2 Å². The van der Waals surface area contributed by atoms with Crippen LogP contribution in [-0.4, -0.2) is 24.7 Å². The normalized spacial score (nSPS) is 19.0. The zero-order valence-electron chi connectivity index (χ0n) is 10.8. The van der Waals surface area contributed by atoms with Crippen LogP contribution < -0.4 is 4.72 Å². The molecular formula is C13H13Cl2NO4S. The minimum absolute atomic E-state index is 0.0659. The van der Waals surface area contributed by atoms with Crippen molar-refractivity contribution in [2.24, 2.45) is 0 Å². The van der Waals surface area contributed by atoms with Gasteiger partial charge in [-0.3, -0.25) is 4.72 Å². The van der Waals surface area contributed by atoms with Crippen molar-refractivity contribution in [3.63, 3.8) is 0 Å². The van der Waals surface area contributed by atoms with Gasteiger partial charge in [0, 0.05) is 0 Å². The van der Waals surface area contributed by atoms with Crippen LogP contribution in [0.1, 0.15) is 19.3 Å². The van der Waals surface area contributed by atoms with Gasteiger partial charge in [0.15, 0.2) is 0 Å². The van der Waals surface area contributed by atoms with Gasteiger partial charge in [-0.1, -0.05) is 35.3 Å². The van der Waals surface area contributed by atoms with Gasteiger partial charge in [-0.2, -0.15) is 0 Å². The summed E-state index contributed by atoms with van der Waals surface area (Å²) in [5.41, 5.74) is -0.0481. The van der Waals surface area contributed by atoms with Crippen molar-refractivity contribution in [2.75, 3.05) is 4.72 Å². The highest BCUT2D eigenvalue weighted by Gasteiger charge is 2.34. The second-order valence-electron chi connectivity index (χ2n) is 4.63. The van der Waals surface area contributed by atoms with Crippen molar-refractivity contribution >= 4 is 44.9 Å². The van der Waals surface area contributed by atoms with E-state index in [1.807, 2.05) is 0 Å². The Morgan fingerprint density at radius 3 is 2.48 bits per heavy atom. The van der Waals surface area contributed by atoms with Gasteiger partial charge in [-0.05, 0) is 31.4 Å². The summed E-state index contributed by atoms with van der Waals surface area (Å²) >= 11 is 11.9. The summed E-state index contributed by atoms with van der Waals surface area (Å²) in [7, 11) is -3.94. The number of rotatable bonds is 4. The molecule has 1 unspecified atom stereocenters. The summed E-state index contributed by atoms with van der Waals surface area (Å²) < 4.78 is 27.2. The second kappa shape index (κ2) is 6.25. The molecule has 0 bridgehead atoms. The summed E-state index contributed by atoms with van der Waals surface area (Å²) in [6.45, 7) is 0. The number of carboxylic acids is 1.